The zero-order chi connectivity index (χ0) is 16.3. The van der Waals surface area contributed by atoms with Crippen LogP contribution in [-0.4, -0.2) is 54.8 Å². The van der Waals surface area contributed by atoms with Crippen LogP contribution >= 0.6 is 11.3 Å². The molecule has 2 aliphatic heterocycles. The van der Waals surface area contributed by atoms with Crippen LogP contribution in [0, 0.1) is 5.92 Å². The summed E-state index contributed by atoms with van der Waals surface area (Å²) in [6, 6.07) is -0.301. The highest BCUT2D eigenvalue weighted by Crippen LogP contribution is 2.34. The molecule has 1 unspecified atom stereocenters. The summed E-state index contributed by atoms with van der Waals surface area (Å²) < 4.78 is 39.6. The molecule has 0 saturated carbocycles. The highest BCUT2D eigenvalue weighted by Gasteiger charge is 2.48. The molecule has 0 aromatic carbocycles. The molecule has 0 radical (unpaired) electrons. The van der Waals surface area contributed by atoms with E-state index in [2.05, 4.69) is 4.98 Å². The van der Waals surface area contributed by atoms with Gasteiger partial charge in [-0.25, -0.2) is 4.98 Å². The number of carbonyl (C=O) groups is 1. The minimum atomic E-state index is -3.57. The second kappa shape index (κ2) is 7.19. The van der Waals surface area contributed by atoms with E-state index in [4.69, 9.17) is 9.47 Å². The zero-order valence-electron chi connectivity index (χ0n) is 12.7. The van der Waals surface area contributed by atoms with Gasteiger partial charge in [-0.15, -0.1) is 11.3 Å². The topological polar surface area (TPSA) is 51.7 Å². The van der Waals surface area contributed by atoms with Crippen LogP contribution in [0.15, 0.2) is 11.6 Å². The lowest BCUT2D eigenvalue weighted by Crippen LogP contribution is -2.54. The van der Waals surface area contributed by atoms with Gasteiger partial charge in [0.1, 0.15) is 0 Å². The van der Waals surface area contributed by atoms with E-state index >= 15 is 0 Å². The molecule has 1 aromatic rings. The van der Waals surface area contributed by atoms with E-state index in [1.807, 2.05) is 0 Å². The van der Waals surface area contributed by atoms with Crippen LogP contribution in [0.3, 0.4) is 0 Å². The van der Waals surface area contributed by atoms with Crippen molar-refractivity contribution in [3.8, 4) is 0 Å². The number of alkyl halides is 2. The number of ether oxygens (including phenoxy) is 2. The summed E-state index contributed by atoms with van der Waals surface area (Å²) in [5.41, 5.74) is 0. The number of nitrogens with zero attached hydrogens (tertiary/aromatic N) is 2. The third-order valence-electron chi connectivity index (χ3n) is 4.40. The average Bonchev–Trinajstić information content (AvgIpc) is 3.11. The Balaban J connectivity index is 1.71. The van der Waals surface area contributed by atoms with Gasteiger partial charge < -0.3 is 14.4 Å². The predicted molar refractivity (Wildman–Crippen MR) is 80.5 cm³/mol. The van der Waals surface area contributed by atoms with Crippen LogP contribution in [0.25, 0.3) is 0 Å². The van der Waals surface area contributed by atoms with Crippen LogP contribution in [0.2, 0.25) is 0 Å². The molecule has 23 heavy (non-hydrogen) atoms. The summed E-state index contributed by atoms with van der Waals surface area (Å²) in [6.07, 6.45) is 3.78. The molecule has 0 spiro atoms. The van der Waals surface area contributed by atoms with E-state index in [1.54, 1.807) is 0 Å². The van der Waals surface area contributed by atoms with Crippen LogP contribution in [0.4, 0.5) is 8.78 Å². The molecule has 3 heterocycles. The van der Waals surface area contributed by atoms with Crippen molar-refractivity contribution < 1.29 is 23.0 Å². The lowest BCUT2D eigenvalue weighted by atomic mass is 9.91. The molecule has 0 bridgehead atoms. The van der Waals surface area contributed by atoms with Gasteiger partial charge in [0.15, 0.2) is 5.01 Å². The maximum atomic E-state index is 14.4. The summed E-state index contributed by atoms with van der Waals surface area (Å²) in [7, 11) is 0. The normalized spacial score (nSPS) is 23.9. The molecule has 8 heteroatoms. The number of morpholine rings is 1. The lowest BCUT2D eigenvalue weighted by molar-refractivity contribution is -0.168. The van der Waals surface area contributed by atoms with E-state index in [1.165, 1.54) is 16.5 Å². The molecule has 2 fully saturated rings. The highest BCUT2D eigenvalue weighted by molar-refractivity contribution is 7.09. The number of rotatable bonds is 4. The van der Waals surface area contributed by atoms with E-state index in [9.17, 15) is 13.6 Å². The molecule has 2 aliphatic rings. The van der Waals surface area contributed by atoms with Gasteiger partial charge in [-0.2, -0.15) is 8.78 Å². The number of amides is 1. The molecule has 1 aromatic heterocycles. The molecule has 0 N–H and O–H groups in total. The maximum Gasteiger partial charge on any atom is 0.375 e. The zero-order valence-corrected chi connectivity index (χ0v) is 13.6. The Hall–Kier alpha value is -1.12. The first-order valence-corrected chi connectivity index (χ1v) is 8.71. The molecular weight excluding hydrogens is 326 g/mol. The Morgan fingerprint density at radius 1 is 1.35 bits per heavy atom. The molecule has 1 atom stereocenters. The van der Waals surface area contributed by atoms with Gasteiger partial charge in [0, 0.05) is 31.3 Å². The van der Waals surface area contributed by atoms with Crippen molar-refractivity contribution >= 4 is 17.2 Å². The number of carbonyl (C=O) groups excluding carboxylic acids is 1. The lowest BCUT2D eigenvalue weighted by Gasteiger charge is -2.39. The van der Waals surface area contributed by atoms with Crippen molar-refractivity contribution in [2.45, 2.75) is 31.2 Å². The van der Waals surface area contributed by atoms with E-state index in [0.717, 1.165) is 24.2 Å². The summed E-state index contributed by atoms with van der Waals surface area (Å²) in [6.45, 7) is 2.21. The van der Waals surface area contributed by atoms with Crippen molar-refractivity contribution in [2.75, 3.05) is 33.0 Å². The first-order valence-electron chi connectivity index (χ1n) is 7.83. The highest BCUT2D eigenvalue weighted by atomic mass is 32.1. The first-order chi connectivity index (χ1) is 11.1. The second-order valence-electron chi connectivity index (χ2n) is 5.93. The smallest absolute Gasteiger partial charge is 0.375 e. The Bertz CT molecular complexity index is 521. The SMILES string of the molecule is O=C(N1CCOCC1CC1CCOCC1)C(F)(F)c1nccs1. The Morgan fingerprint density at radius 3 is 2.83 bits per heavy atom. The largest absolute Gasteiger partial charge is 0.381 e. The minimum absolute atomic E-state index is 0.202. The Kier molecular flexibility index (Phi) is 5.23. The van der Waals surface area contributed by atoms with Gasteiger partial charge in [0.2, 0.25) is 0 Å². The predicted octanol–water partition coefficient (Wildman–Crippen LogP) is 2.28. The summed E-state index contributed by atoms with van der Waals surface area (Å²) in [4.78, 5) is 17.3. The van der Waals surface area contributed by atoms with Gasteiger partial charge in [-0.3, -0.25) is 4.79 Å². The number of halogens is 2. The van der Waals surface area contributed by atoms with Crippen LogP contribution in [0.1, 0.15) is 24.3 Å². The van der Waals surface area contributed by atoms with Gasteiger partial charge >= 0.3 is 11.8 Å². The molecule has 128 valence electrons. The van der Waals surface area contributed by atoms with Crippen molar-refractivity contribution in [2.24, 2.45) is 5.92 Å². The quantitative estimate of drug-likeness (QED) is 0.839. The molecule has 3 rings (SSSR count). The van der Waals surface area contributed by atoms with Gasteiger partial charge in [0.25, 0.3) is 0 Å². The average molecular weight is 346 g/mol. The van der Waals surface area contributed by atoms with Crippen molar-refractivity contribution in [1.29, 1.82) is 0 Å². The second-order valence-corrected chi connectivity index (χ2v) is 6.82. The molecule has 1 amide bonds. The number of thiazole rings is 1. The van der Waals surface area contributed by atoms with E-state index in [0.29, 0.717) is 38.8 Å². The molecule has 2 saturated heterocycles. The van der Waals surface area contributed by atoms with Crippen molar-refractivity contribution in [1.82, 2.24) is 9.88 Å². The fraction of sp³-hybridized carbons (Fsp3) is 0.733. The van der Waals surface area contributed by atoms with Gasteiger partial charge in [-0.1, -0.05) is 0 Å². The third kappa shape index (κ3) is 3.70. The Morgan fingerprint density at radius 2 is 2.13 bits per heavy atom. The summed E-state index contributed by atoms with van der Waals surface area (Å²) in [5, 5.41) is 1.01. The monoisotopic (exact) mass is 346 g/mol. The fourth-order valence-electron chi connectivity index (χ4n) is 3.13. The minimum Gasteiger partial charge on any atom is -0.381 e. The number of aromatic nitrogens is 1. The summed E-state index contributed by atoms with van der Waals surface area (Å²) in [5.74, 6) is -4.34. The number of hydrogen-bond acceptors (Lipinski definition) is 5. The standard InChI is InChI=1S/C15H20F2N2O3S/c16-15(17,13-18-3-8-23-13)14(20)19-4-7-22-10-12(19)9-11-1-5-21-6-2-11/h3,8,11-12H,1-2,4-7,9-10H2. The van der Waals surface area contributed by atoms with E-state index in [-0.39, 0.29) is 12.6 Å². The first kappa shape index (κ1) is 16.7. The Labute approximate surface area is 137 Å². The van der Waals surface area contributed by atoms with Crippen LogP contribution in [-0.2, 0) is 20.2 Å². The third-order valence-corrected chi connectivity index (χ3v) is 5.25. The van der Waals surface area contributed by atoms with Gasteiger partial charge in [0.05, 0.1) is 19.3 Å². The molecule has 0 aliphatic carbocycles. The van der Waals surface area contributed by atoms with Crippen molar-refractivity contribution in [3.63, 3.8) is 0 Å². The maximum absolute atomic E-state index is 14.4. The van der Waals surface area contributed by atoms with E-state index < -0.39 is 16.8 Å². The van der Waals surface area contributed by atoms with Crippen LogP contribution in [0.5, 0.6) is 0 Å². The number of hydrogen-bond donors (Lipinski definition) is 0. The van der Waals surface area contributed by atoms with Crippen LogP contribution < -0.4 is 0 Å². The van der Waals surface area contributed by atoms with Crippen molar-refractivity contribution in [3.05, 3.63) is 16.6 Å². The summed E-state index contributed by atoms with van der Waals surface area (Å²) >= 11 is 0.803. The molecule has 5 nitrogen and oxygen atoms in total. The van der Waals surface area contributed by atoms with Gasteiger partial charge in [-0.05, 0) is 25.2 Å². The fourth-order valence-corrected chi connectivity index (χ4v) is 3.74. The molecular formula is C15H20F2N2O3S.